The number of para-hydroxylation sites is 2. The quantitative estimate of drug-likeness (QED) is 0.452. The van der Waals surface area contributed by atoms with Crippen molar-refractivity contribution >= 4 is 21.9 Å². The van der Waals surface area contributed by atoms with Gasteiger partial charge in [-0.15, -0.1) is 0 Å². The first-order chi connectivity index (χ1) is 14.4. The predicted molar refractivity (Wildman–Crippen MR) is 113 cm³/mol. The molecule has 0 fully saturated rings. The van der Waals surface area contributed by atoms with Gasteiger partial charge in [-0.3, -0.25) is 4.79 Å². The Morgan fingerprint density at radius 3 is 2.30 bits per heavy atom. The van der Waals surface area contributed by atoms with E-state index in [0.29, 0.717) is 28.0 Å². The van der Waals surface area contributed by atoms with Crippen molar-refractivity contribution in [1.82, 2.24) is 0 Å². The number of fused-ring (bicyclic) bond motifs is 1. The third kappa shape index (κ3) is 2.51. The number of aliphatic hydroxyl groups is 2. The van der Waals surface area contributed by atoms with E-state index in [1.807, 2.05) is 6.07 Å². The number of benzene rings is 3. The maximum atomic E-state index is 13.3. The second kappa shape index (κ2) is 6.67. The molecule has 3 atom stereocenters. The molecule has 0 aliphatic heterocycles. The lowest BCUT2D eigenvalue weighted by molar-refractivity contribution is -0.157. The van der Waals surface area contributed by atoms with Crippen molar-refractivity contribution in [3.05, 3.63) is 93.5 Å². The van der Waals surface area contributed by atoms with Gasteiger partial charge in [0.05, 0.1) is 13.0 Å². The normalized spacial score (nSPS) is 25.9. The van der Waals surface area contributed by atoms with E-state index in [9.17, 15) is 15.0 Å². The van der Waals surface area contributed by atoms with Crippen molar-refractivity contribution in [2.75, 3.05) is 7.11 Å². The number of rotatable bonds is 3. The van der Waals surface area contributed by atoms with Crippen molar-refractivity contribution in [2.24, 2.45) is 5.92 Å². The largest absolute Gasteiger partial charge is 0.493 e. The fourth-order valence-corrected chi connectivity index (χ4v) is 5.19. The lowest BCUT2D eigenvalue weighted by atomic mass is 9.54. The SMILES string of the molecule is COc1ccccc1OC(=O)C1CC2(O)c3ccccc3C1(O)c1ccc(Br)cc12. The maximum Gasteiger partial charge on any atom is 0.318 e. The highest BCUT2D eigenvalue weighted by molar-refractivity contribution is 9.10. The smallest absolute Gasteiger partial charge is 0.318 e. The van der Waals surface area contributed by atoms with Gasteiger partial charge < -0.3 is 19.7 Å². The Kier molecular flexibility index (Phi) is 4.29. The molecule has 6 heteroatoms. The highest BCUT2D eigenvalue weighted by Crippen LogP contribution is 2.60. The number of hydrogen-bond donors (Lipinski definition) is 2. The van der Waals surface area contributed by atoms with Crippen LogP contribution in [0, 0.1) is 5.92 Å². The van der Waals surface area contributed by atoms with E-state index >= 15 is 0 Å². The highest BCUT2D eigenvalue weighted by Gasteiger charge is 2.62. The Labute approximate surface area is 182 Å². The third-order valence-corrected chi connectivity index (χ3v) is 6.68. The van der Waals surface area contributed by atoms with Gasteiger partial charge in [-0.05, 0) is 46.5 Å². The molecule has 0 amide bonds. The summed E-state index contributed by atoms with van der Waals surface area (Å²) in [7, 11) is 1.50. The molecule has 0 saturated carbocycles. The summed E-state index contributed by atoms with van der Waals surface area (Å²) < 4.78 is 11.7. The van der Waals surface area contributed by atoms with Gasteiger partial charge in [0.1, 0.15) is 11.2 Å². The van der Waals surface area contributed by atoms with Crippen LogP contribution in [0.15, 0.2) is 71.2 Å². The molecule has 5 nitrogen and oxygen atoms in total. The second-order valence-electron chi connectivity index (χ2n) is 7.69. The van der Waals surface area contributed by atoms with Crippen LogP contribution < -0.4 is 9.47 Å². The van der Waals surface area contributed by atoms with Crippen LogP contribution in [0.25, 0.3) is 0 Å². The number of esters is 1. The summed E-state index contributed by atoms with van der Waals surface area (Å²) in [5.41, 5.74) is -0.782. The molecule has 0 aromatic heterocycles. The van der Waals surface area contributed by atoms with Crippen molar-refractivity contribution in [3.8, 4) is 11.5 Å². The Hall–Kier alpha value is -2.67. The van der Waals surface area contributed by atoms with E-state index in [2.05, 4.69) is 15.9 Å². The van der Waals surface area contributed by atoms with Crippen LogP contribution in [0.4, 0.5) is 0 Å². The molecule has 0 spiro atoms. The first kappa shape index (κ1) is 19.3. The standard InChI is InChI=1S/C24H19BrO5/c1-29-20-8-4-5-9-21(20)30-22(26)19-13-23(27)15-6-2-3-7-16(15)24(19,28)17-11-10-14(25)12-18(17)23/h2-12,19,27-28H,13H2,1H3. The summed E-state index contributed by atoms with van der Waals surface area (Å²) >= 11 is 3.45. The lowest BCUT2D eigenvalue weighted by Gasteiger charge is -2.53. The summed E-state index contributed by atoms with van der Waals surface area (Å²) in [4.78, 5) is 13.3. The van der Waals surface area contributed by atoms with Gasteiger partial charge in [-0.2, -0.15) is 0 Å². The zero-order valence-electron chi connectivity index (χ0n) is 16.1. The van der Waals surface area contributed by atoms with Gasteiger partial charge in [0, 0.05) is 10.9 Å². The Bertz CT molecular complexity index is 1180. The van der Waals surface area contributed by atoms with Crippen LogP contribution in [0.1, 0.15) is 28.7 Å². The van der Waals surface area contributed by atoms with Crippen molar-refractivity contribution in [3.63, 3.8) is 0 Å². The zero-order chi connectivity index (χ0) is 21.1. The molecule has 30 heavy (non-hydrogen) atoms. The van der Waals surface area contributed by atoms with Crippen LogP contribution in [0.5, 0.6) is 11.5 Å². The molecule has 3 aliphatic carbocycles. The van der Waals surface area contributed by atoms with Crippen LogP contribution >= 0.6 is 15.9 Å². The zero-order valence-corrected chi connectivity index (χ0v) is 17.7. The Morgan fingerprint density at radius 2 is 1.57 bits per heavy atom. The van der Waals surface area contributed by atoms with E-state index in [0.717, 1.165) is 4.47 Å². The predicted octanol–water partition coefficient (Wildman–Crippen LogP) is 3.87. The molecule has 2 N–H and O–H groups in total. The van der Waals surface area contributed by atoms with Crippen LogP contribution in [-0.4, -0.2) is 23.3 Å². The minimum atomic E-state index is -1.61. The number of ether oxygens (including phenoxy) is 2. The fraction of sp³-hybridized carbons (Fsp3) is 0.208. The first-order valence-electron chi connectivity index (χ1n) is 9.59. The number of carbonyl (C=O) groups is 1. The fourth-order valence-electron chi connectivity index (χ4n) is 4.83. The molecule has 3 aromatic carbocycles. The number of methoxy groups -OCH3 is 1. The maximum absolute atomic E-state index is 13.3. The summed E-state index contributed by atoms with van der Waals surface area (Å²) in [6.45, 7) is 0. The molecule has 3 aromatic rings. The highest BCUT2D eigenvalue weighted by atomic mass is 79.9. The van der Waals surface area contributed by atoms with Gasteiger partial charge in [-0.25, -0.2) is 0 Å². The van der Waals surface area contributed by atoms with Gasteiger partial charge in [0.15, 0.2) is 11.5 Å². The summed E-state index contributed by atoms with van der Waals surface area (Å²) in [5.74, 6) is -0.923. The van der Waals surface area contributed by atoms with Crippen molar-refractivity contribution in [1.29, 1.82) is 0 Å². The molecule has 3 unspecified atom stereocenters. The molecule has 0 saturated heterocycles. The second-order valence-corrected chi connectivity index (χ2v) is 8.61. The van der Waals surface area contributed by atoms with Crippen LogP contribution in [-0.2, 0) is 16.0 Å². The van der Waals surface area contributed by atoms with E-state index in [1.165, 1.54) is 7.11 Å². The Morgan fingerprint density at radius 1 is 0.933 bits per heavy atom. The summed E-state index contributed by atoms with van der Waals surface area (Å²) in [5, 5.41) is 23.8. The van der Waals surface area contributed by atoms with Crippen LogP contribution in [0.2, 0.25) is 0 Å². The lowest BCUT2D eigenvalue weighted by Crippen LogP contribution is -2.57. The third-order valence-electron chi connectivity index (χ3n) is 6.19. The van der Waals surface area contributed by atoms with Crippen LogP contribution in [0.3, 0.4) is 0 Å². The average molecular weight is 467 g/mol. The molecular formula is C24H19BrO5. The number of halogens is 1. The van der Waals surface area contributed by atoms with E-state index in [-0.39, 0.29) is 12.2 Å². The summed E-state index contributed by atoms with van der Waals surface area (Å²) in [6.07, 6.45) is 0.0119. The minimum absolute atomic E-state index is 0.0119. The molecular weight excluding hydrogens is 448 g/mol. The minimum Gasteiger partial charge on any atom is -0.493 e. The Balaban J connectivity index is 1.66. The molecule has 6 rings (SSSR count). The molecule has 152 valence electrons. The average Bonchev–Trinajstić information content (AvgIpc) is 2.76. The topological polar surface area (TPSA) is 76.0 Å². The van der Waals surface area contributed by atoms with Crippen molar-refractivity contribution < 1.29 is 24.5 Å². The van der Waals surface area contributed by atoms with E-state index in [4.69, 9.17) is 9.47 Å². The molecule has 0 radical (unpaired) electrons. The molecule has 3 aliphatic rings. The summed E-state index contributed by atoms with van der Waals surface area (Å²) in [6, 6.07) is 19.4. The molecule has 0 heterocycles. The van der Waals surface area contributed by atoms with Gasteiger partial charge in [0.25, 0.3) is 0 Å². The van der Waals surface area contributed by atoms with Gasteiger partial charge in [0.2, 0.25) is 0 Å². The monoisotopic (exact) mass is 466 g/mol. The first-order valence-corrected chi connectivity index (χ1v) is 10.4. The molecule has 2 bridgehead atoms. The number of hydrogen-bond acceptors (Lipinski definition) is 5. The van der Waals surface area contributed by atoms with Gasteiger partial charge in [-0.1, -0.05) is 58.4 Å². The van der Waals surface area contributed by atoms with Crippen molar-refractivity contribution in [2.45, 2.75) is 17.6 Å². The van der Waals surface area contributed by atoms with E-state index in [1.54, 1.807) is 60.7 Å². The van der Waals surface area contributed by atoms with E-state index < -0.39 is 23.1 Å². The van der Waals surface area contributed by atoms with Gasteiger partial charge >= 0.3 is 5.97 Å². The number of carbonyl (C=O) groups excluding carboxylic acids is 1.